The van der Waals surface area contributed by atoms with Crippen LogP contribution in [0.15, 0.2) is 18.3 Å². The average Bonchev–Trinajstić information content (AvgIpc) is 2.93. The van der Waals surface area contributed by atoms with E-state index in [1.54, 1.807) is 12.3 Å². The molecule has 1 atom stereocenters. The number of carbonyl (C=O) groups is 2. The molecule has 2 heterocycles. The summed E-state index contributed by atoms with van der Waals surface area (Å²) < 4.78 is 0. The van der Waals surface area contributed by atoms with Crippen LogP contribution in [0.5, 0.6) is 0 Å². The van der Waals surface area contributed by atoms with Crippen LogP contribution in [0.1, 0.15) is 41.7 Å². The number of nitrogens with zero attached hydrogens (tertiary/aromatic N) is 1. The summed E-state index contributed by atoms with van der Waals surface area (Å²) in [5.41, 5.74) is 0.536. The second kappa shape index (κ2) is 6.04. The van der Waals surface area contributed by atoms with Gasteiger partial charge < -0.3 is 16.0 Å². The maximum atomic E-state index is 12.9. The van der Waals surface area contributed by atoms with Crippen molar-refractivity contribution in [3.8, 4) is 0 Å². The van der Waals surface area contributed by atoms with E-state index in [-0.39, 0.29) is 17.9 Å². The van der Waals surface area contributed by atoms with Crippen LogP contribution >= 0.6 is 0 Å². The summed E-state index contributed by atoms with van der Waals surface area (Å²) in [4.78, 5) is 29.2. The van der Waals surface area contributed by atoms with E-state index in [2.05, 4.69) is 20.9 Å². The summed E-state index contributed by atoms with van der Waals surface area (Å²) in [5, 5.41) is 9.03. The van der Waals surface area contributed by atoms with Gasteiger partial charge in [-0.15, -0.1) is 0 Å². The zero-order valence-electron chi connectivity index (χ0n) is 12.8. The summed E-state index contributed by atoms with van der Waals surface area (Å²) in [5.74, 6) is -0.0752. The number of Topliss-reactive ketones (excluding diaryl/α,β-unsaturated/α-hetero) is 1. The minimum absolute atomic E-state index is 0.0752. The number of hydrogen-bond donors (Lipinski definition) is 3. The lowest BCUT2D eigenvalue weighted by molar-refractivity contribution is 0.0871. The Kier molecular flexibility index (Phi) is 4.11. The predicted molar refractivity (Wildman–Crippen MR) is 82.8 cm³/mol. The third kappa shape index (κ3) is 2.97. The van der Waals surface area contributed by atoms with Crippen molar-refractivity contribution in [1.29, 1.82) is 0 Å². The average molecular weight is 302 g/mol. The van der Waals surface area contributed by atoms with E-state index < -0.39 is 5.54 Å². The molecule has 22 heavy (non-hydrogen) atoms. The molecule has 0 bridgehead atoms. The second-order valence-corrected chi connectivity index (χ2v) is 6.25. The normalized spacial score (nSPS) is 24.6. The van der Waals surface area contributed by atoms with Crippen molar-refractivity contribution in [2.45, 2.75) is 44.2 Å². The van der Waals surface area contributed by atoms with Gasteiger partial charge in [-0.2, -0.15) is 0 Å². The smallest absolute Gasteiger partial charge is 0.315 e. The van der Waals surface area contributed by atoms with Crippen molar-refractivity contribution in [2.75, 3.05) is 13.1 Å². The molecule has 3 rings (SSSR count). The fourth-order valence-electron chi connectivity index (χ4n) is 2.92. The Morgan fingerprint density at radius 1 is 1.36 bits per heavy atom. The minimum atomic E-state index is -0.870. The van der Waals surface area contributed by atoms with Crippen molar-refractivity contribution >= 4 is 11.8 Å². The molecule has 0 unspecified atom stereocenters. The predicted octanol–water partition coefficient (Wildman–Crippen LogP) is 1.16. The number of nitrogens with one attached hydrogen (secondary N) is 3. The maximum absolute atomic E-state index is 12.9. The second-order valence-electron chi connectivity index (χ2n) is 6.25. The molecule has 0 aromatic carbocycles. The first kappa shape index (κ1) is 15.0. The molecule has 1 aliphatic heterocycles. The number of carbonyl (C=O) groups excluding carboxylic acids is 2. The third-order valence-corrected chi connectivity index (χ3v) is 4.56. The number of aryl methyl sites for hydroxylation is 1. The fourth-order valence-corrected chi connectivity index (χ4v) is 2.92. The van der Waals surface area contributed by atoms with Gasteiger partial charge in [0, 0.05) is 30.0 Å². The SMILES string of the molecule is Cc1ccc(C(=O)[C@@]2(NC(=O)NC3CCC3)CCNC2)cn1. The first-order valence-electron chi connectivity index (χ1n) is 7.86. The fraction of sp³-hybridized carbons (Fsp3) is 0.562. The highest BCUT2D eigenvalue weighted by Gasteiger charge is 2.43. The number of amides is 2. The van der Waals surface area contributed by atoms with Gasteiger partial charge in [-0.3, -0.25) is 9.78 Å². The quantitative estimate of drug-likeness (QED) is 0.729. The van der Waals surface area contributed by atoms with Crippen LogP contribution in [0.2, 0.25) is 0 Å². The van der Waals surface area contributed by atoms with Crippen LogP contribution in [-0.2, 0) is 0 Å². The number of hydrogen-bond acceptors (Lipinski definition) is 4. The van der Waals surface area contributed by atoms with Crippen LogP contribution in [0, 0.1) is 6.92 Å². The van der Waals surface area contributed by atoms with Crippen LogP contribution < -0.4 is 16.0 Å². The molecule has 2 aliphatic rings. The van der Waals surface area contributed by atoms with Crippen LogP contribution in [0.4, 0.5) is 4.79 Å². The number of rotatable bonds is 4. The van der Waals surface area contributed by atoms with Gasteiger partial charge in [0.15, 0.2) is 5.78 Å². The van der Waals surface area contributed by atoms with Gasteiger partial charge in [0.1, 0.15) is 5.54 Å². The van der Waals surface area contributed by atoms with Gasteiger partial charge in [0.05, 0.1) is 0 Å². The Labute approximate surface area is 130 Å². The van der Waals surface area contributed by atoms with E-state index in [1.807, 2.05) is 13.0 Å². The maximum Gasteiger partial charge on any atom is 0.315 e. The van der Waals surface area contributed by atoms with Crippen molar-refractivity contribution in [1.82, 2.24) is 20.9 Å². The molecule has 6 nitrogen and oxygen atoms in total. The number of pyridine rings is 1. The van der Waals surface area contributed by atoms with Gasteiger partial charge in [0.25, 0.3) is 0 Å². The molecule has 3 N–H and O–H groups in total. The molecule has 2 amide bonds. The van der Waals surface area contributed by atoms with Gasteiger partial charge >= 0.3 is 6.03 Å². The highest BCUT2D eigenvalue weighted by molar-refractivity contribution is 6.05. The summed E-state index contributed by atoms with van der Waals surface area (Å²) in [6, 6.07) is 3.60. The monoisotopic (exact) mass is 302 g/mol. The Balaban J connectivity index is 1.73. The zero-order chi connectivity index (χ0) is 15.6. The first-order chi connectivity index (χ1) is 10.6. The Morgan fingerprint density at radius 2 is 2.18 bits per heavy atom. The topological polar surface area (TPSA) is 83.1 Å². The molecule has 1 aliphatic carbocycles. The molecule has 1 aromatic rings. The van der Waals surface area contributed by atoms with Crippen molar-refractivity contribution < 1.29 is 9.59 Å². The Hall–Kier alpha value is -1.95. The lowest BCUT2D eigenvalue weighted by Gasteiger charge is -2.31. The van der Waals surface area contributed by atoms with Crippen molar-refractivity contribution in [2.24, 2.45) is 0 Å². The molecule has 1 saturated carbocycles. The lowest BCUT2D eigenvalue weighted by atomic mass is 9.88. The standard InChI is InChI=1S/C16H22N4O2/c1-11-5-6-12(9-18-11)14(21)16(7-8-17-10-16)20-15(22)19-13-3-2-4-13/h5-6,9,13,17H,2-4,7-8,10H2,1H3,(H2,19,20,22)/t16-/m1/s1. The van der Waals surface area contributed by atoms with E-state index in [0.29, 0.717) is 18.5 Å². The number of aromatic nitrogens is 1. The van der Waals surface area contributed by atoms with Gasteiger partial charge in [-0.25, -0.2) is 4.79 Å². The van der Waals surface area contributed by atoms with Crippen molar-refractivity contribution in [3.05, 3.63) is 29.6 Å². The molecule has 1 aromatic heterocycles. The summed E-state index contributed by atoms with van der Waals surface area (Å²) in [7, 11) is 0. The summed E-state index contributed by atoms with van der Waals surface area (Å²) >= 11 is 0. The van der Waals surface area contributed by atoms with Gasteiger partial charge in [-0.05, 0) is 51.3 Å². The highest BCUT2D eigenvalue weighted by atomic mass is 16.2. The molecule has 1 saturated heterocycles. The number of ketones is 1. The third-order valence-electron chi connectivity index (χ3n) is 4.56. The van der Waals surface area contributed by atoms with Crippen LogP contribution in [-0.4, -0.2) is 41.5 Å². The van der Waals surface area contributed by atoms with Crippen LogP contribution in [0.25, 0.3) is 0 Å². The molecule has 0 radical (unpaired) electrons. The largest absolute Gasteiger partial charge is 0.335 e. The highest BCUT2D eigenvalue weighted by Crippen LogP contribution is 2.22. The molecule has 118 valence electrons. The molecular formula is C16H22N4O2. The number of urea groups is 1. The minimum Gasteiger partial charge on any atom is -0.335 e. The van der Waals surface area contributed by atoms with E-state index in [4.69, 9.17) is 0 Å². The molecular weight excluding hydrogens is 280 g/mol. The van der Waals surface area contributed by atoms with E-state index in [9.17, 15) is 9.59 Å². The van der Waals surface area contributed by atoms with Gasteiger partial charge in [0.2, 0.25) is 0 Å². The summed E-state index contributed by atoms with van der Waals surface area (Å²) in [6.45, 7) is 3.05. The Bertz CT molecular complexity index is 560. The van der Waals surface area contributed by atoms with E-state index >= 15 is 0 Å². The van der Waals surface area contributed by atoms with Crippen LogP contribution in [0.3, 0.4) is 0 Å². The Morgan fingerprint density at radius 3 is 2.73 bits per heavy atom. The molecule has 6 heteroatoms. The zero-order valence-corrected chi connectivity index (χ0v) is 12.8. The molecule has 0 spiro atoms. The van der Waals surface area contributed by atoms with Crippen molar-refractivity contribution in [3.63, 3.8) is 0 Å². The first-order valence-corrected chi connectivity index (χ1v) is 7.86. The summed E-state index contributed by atoms with van der Waals surface area (Å²) in [6.07, 6.45) is 5.38. The van der Waals surface area contributed by atoms with E-state index in [1.165, 1.54) is 0 Å². The van der Waals surface area contributed by atoms with Gasteiger partial charge in [-0.1, -0.05) is 0 Å². The molecule has 2 fully saturated rings. The lowest BCUT2D eigenvalue weighted by Crippen LogP contribution is -2.60. The van der Waals surface area contributed by atoms with E-state index in [0.717, 1.165) is 31.5 Å².